The number of hydrogen-bond donors (Lipinski definition) is 0. The van der Waals surface area contributed by atoms with Crippen molar-refractivity contribution >= 4 is 28.7 Å². The number of fused-ring (bicyclic) bond motifs is 1. The summed E-state index contributed by atoms with van der Waals surface area (Å²) in [6.45, 7) is 5.13. The van der Waals surface area contributed by atoms with Crippen LogP contribution in [0.5, 0.6) is 0 Å². The lowest BCUT2D eigenvalue weighted by atomic mass is 9.99. The van der Waals surface area contributed by atoms with Crippen molar-refractivity contribution in [3.05, 3.63) is 42.0 Å². The van der Waals surface area contributed by atoms with Gasteiger partial charge in [-0.05, 0) is 31.9 Å². The predicted octanol–water partition coefficient (Wildman–Crippen LogP) is 2.68. The number of hydrogen-bond acceptors (Lipinski definition) is 5. The Morgan fingerprint density at radius 1 is 1.00 bits per heavy atom. The zero-order valence-electron chi connectivity index (χ0n) is 17.3. The summed E-state index contributed by atoms with van der Waals surface area (Å²) in [5.41, 5.74) is 2.21. The maximum absolute atomic E-state index is 12.8. The highest BCUT2D eigenvalue weighted by atomic mass is 16.2. The van der Waals surface area contributed by atoms with Crippen LogP contribution in [0.1, 0.15) is 30.4 Å². The van der Waals surface area contributed by atoms with E-state index in [1.165, 1.54) is 5.52 Å². The van der Waals surface area contributed by atoms with Gasteiger partial charge in [-0.25, -0.2) is 19.7 Å². The molecule has 154 valence electrons. The van der Waals surface area contributed by atoms with Crippen LogP contribution in [-0.2, 0) is 7.05 Å². The van der Waals surface area contributed by atoms with Gasteiger partial charge in [-0.1, -0.05) is 12.1 Å². The van der Waals surface area contributed by atoms with Gasteiger partial charge in [0, 0.05) is 45.3 Å². The number of para-hydroxylation sites is 2. The van der Waals surface area contributed by atoms with E-state index in [-0.39, 0.29) is 6.03 Å². The quantitative estimate of drug-likeness (QED) is 0.670. The molecule has 1 aliphatic carbocycles. The monoisotopic (exact) mass is 403 g/mol. The van der Waals surface area contributed by atoms with Gasteiger partial charge in [-0.2, -0.15) is 0 Å². The van der Waals surface area contributed by atoms with Crippen LogP contribution in [0.3, 0.4) is 0 Å². The molecule has 0 atom stereocenters. The van der Waals surface area contributed by atoms with Gasteiger partial charge in [0.05, 0.1) is 17.0 Å². The molecule has 0 radical (unpaired) electrons. The van der Waals surface area contributed by atoms with E-state index in [2.05, 4.69) is 44.7 Å². The second-order valence-electron chi connectivity index (χ2n) is 8.61. The topological polar surface area (TPSA) is 70.4 Å². The summed E-state index contributed by atoms with van der Waals surface area (Å²) in [4.78, 5) is 32.9. The summed E-state index contributed by atoms with van der Waals surface area (Å²) in [6, 6.07) is 10.7. The molecular formula is C22H25N7O. The molecule has 2 saturated heterocycles. The van der Waals surface area contributed by atoms with E-state index in [4.69, 9.17) is 4.98 Å². The lowest BCUT2D eigenvalue weighted by molar-refractivity contribution is 0.218. The largest absolute Gasteiger partial charge is 0.355 e. The standard InChI is InChI=1S/C22H25N7O/c1-14-23-19(11-20(24-14)29-10-9-28(22(29)30)16-7-8-16)27-12-15(13-27)21-25-17-5-3-4-6-18(17)26(21)2/h3-6,11,15-16H,7-10,12-13H2,1-2H3. The summed E-state index contributed by atoms with van der Waals surface area (Å²) >= 11 is 0. The average Bonchev–Trinajstić information content (AvgIpc) is 3.39. The Morgan fingerprint density at radius 3 is 2.53 bits per heavy atom. The summed E-state index contributed by atoms with van der Waals surface area (Å²) in [5.74, 6) is 3.81. The zero-order valence-corrected chi connectivity index (χ0v) is 17.3. The number of carbonyl (C=O) groups excluding carboxylic acids is 1. The molecule has 1 aromatic carbocycles. The highest BCUT2D eigenvalue weighted by Crippen LogP contribution is 2.35. The van der Waals surface area contributed by atoms with E-state index in [9.17, 15) is 4.79 Å². The normalized spacial score (nSPS) is 19.8. The number of carbonyl (C=O) groups is 1. The maximum Gasteiger partial charge on any atom is 0.326 e. The van der Waals surface area contributed by atoms with Crippen LogP contribution in [0.4, 0.5) is 16.4 Å². The maximum atomic E-state index is 12.8. The predicted molar refractivity (Wildman–Crippen MR) is 115 cm³/mol. The van der Waals surface area contributed by atoms with Crippen molar-refractivity contribution in [2.75, 3.05) is 36.0 Å². The number of rotatable bonds is 4. The van der Waals surface area contributed by atoms with Gasteiger partial charge in [0.2, 0.25) is 0 Å². The molecule has 8 nitrogen and oxygen atoms in total. The lowest BCUT2D eigenvalue weighted by Gasteiger charge is -2.40. The van der Waals surface area contributed by atoms with E-state index >= 15 is 0 Å². The first-order valence-corrected chi connectivity index (χ1v) is 10.7. The van der Waals surface area contributed by atoms with Crippen LogP contribution in [0, 0.1) is 6.92 Å². The molecule has 2 aliphatic heterocycles. The van der Waals surface area contributed by atoms with Crippen molar-refractivity contribution < 1.29 is 4.79 Å². The number of anilines is 2. The highest BCUT2D eigenvalue weighted by molar-refractivity contribution is 5.94. The molecule has 3 aromatic rings. The summed E-state index contributed by atoms with van der Waals surface area (Å²) in [5, 5.41) is 0. The molecule has 2 aromatic heterocycles. The van der Waals surface area contributed by atoms with Crippen LogP contribution >= 0.6 is 0 Å². The molecule has 2 amide bonds. The van der Waals surface area contributed by atoms with E-state index in [0.717, 1.165) is 55.5 Å². The molecule has 3 aliphatic rings. The number of benzene rings is 1. The van der Waals surface area contributed by atoms with Crippen molar-refractivity contribution in [2.24, 2.45) is 7.05 Å². The van der Waals surface area contributed by atoms with Crippen LogP contribution in [0.2, 0.25) is 0 Å². The smallest absolute Gasteiger partial charge is 0.326 e. The molecule has 8 heteroatoms. The Balaban J connectivity index is 1.22. The summed E-state index contributed by atoms with van der Waals surface area (Å²) < 4.78 is 2.20. The third-order valence-electron chi connectivity index (χ3n) is 6.51. The fraction of sp³-hybridized carbons (Fsp3) is 0.455. The average molecular weight is 403 g/mol. The van der Waals surface area contributed by atoms with Gasteiger partial charge in [0.25, 0.3) is 0 Å². The molecule has 1 saturated carbocycles. The molecule has 0 bridgehead atoms. The Bertz CT molecular complexity index is 1150. The van der Waals surface area contributed by atoms with Gasteiger partial charge in [0.1, 0.15) is 23.3 Å². The Kier molecular flexibility index (Phi) is 3.78. The van der Waals surface area contributed by atoms with Crippen molar-refractivity contribution in [3.8, 4) is 0 Å². The molecule has 4 heterocycles. The minimum atomic E-state index is 0.0859. The third kappa shape index (κ3) is 2.74. The molecular weight excluding hydrogens is 378 g/mol. The Hall–Kier alpha value is -3.16. The van der Waals surface area contributed by atoms with Crippen molar-refractivity contribution in [3.63, 3.8) is 0 Å². The number of urea groups is 1. The number of aromatic nitrogens is 4. The SMILES string of the molecule is Cc1nc(N2CC(c3nc4ccccc4n3C)C2)cc(N2CCN(C3CC3)C2=O)n1. The highest BCUT2D eigenvalue weighted by Gasteiger charge is 2.40. The third-order valence-corrected chi connectivity index (χ3v) is 6.51. The van der Waals surface area contributed by atoms with E-state index < -0.39 is 0 Å². The molecule has 6 rings (SSSR count). The second kappa shape index (κ2) is 6.42. The van der Waals surface area contributed by atoms with Gasteiger partial charge in [-0.3, -0.25) is 4.90 Å². The zero-order chi connectivity index (χ0) is 20.4. The second-order valence-corrected chi connectivity index (χ2v) is 8.61. The molecule has 0 unspecified atom stereocenters. The first-order chi connectivity index (χ1) is 14.6. The molecule has 30 heavy (non-hydrogen) atoms. The van der Waals surface area contributed by atoms with Crippen LogP contribution in [0.25, 0.3) is 11.0 Å². The van der Waals surface area contributed by atoms with Crippen molar-refractivity contribution in [1.82, 2.24) is 24.4 Å². The minimum absolute atomic E-state index is 0.0859. The van der Waals surface area contributed by atoms with Gasteiger partial charge in [-0.15, -0.1) is 0 Å². The van der Waals surface area contributed by atoms with E-state index in [1.807, 2.05) is 24.0 Å². The lowest BCUT2D eigenvalue weighted by Crippen LogP contribution is -2.46. The summed E-state index contributed by atoms with van der Waals surface area (Å²) in [7, 11) is 2.09. The van der Waals surface area contributed by atoms with Crippen LogP contribution in [0.15, 0.2) is 30.3 Å². The number of nitrogens with zero attached hydrogens (tertiary/aromatic N) is 7. The number of amides is 2. The minimum Gasteiger partial charge on any atom is -0.355 e. The van der Waals surface area contributed by atoms with Gasteiger partial charge < -0.3 is 14.4 Å². The molecule has 3 fully saturated rings. The fourth-order valence-electron chi connectivity index (χ4n) is 4.69. The molecule has 0 N–H and O–H groups in total. The Labute approximate surface area is 175 Å². The first-order valence-electron chi connectivity index (χ1n) is 10.7. The van der Waals surface area contributed by atoms with Crippen LogP contribution in [-0.4, -0.2) is 62.7 Å². The van der Waals surface area contributed by atoms with Gasteiger partial charge in [0.15, 0.2) is 0 Å². The first kappa shape index (κ1) is 17.7. The summed E-state index contributed by atoms with van der Waals surface area (Å²) in [6.07, 6.45) is 2.26. The van der Waals surface area contributed by atoms with E-state index in [0.29, 0.717) is 24.3 Å². The Morgan fingerprint density at radius 2 is 1.77 bits per heavy atom. The van der Waals surface area contributed by atoms with Crippen molar-refractivity contribution in [2.45, 2.75) is 31.7 Å². The molecule has 0 spiro atoms. The van der Waals surface area contributed by atoms with Gasteiger partial charge >= 0.3 is 6.03 Å². The number of imidazole rings is 1. The van der Waals surface area contributed by atoms with Crippen LogP contribution < -0.4 is 9.80 Å². The fourth-order valence-corrected chi connectivity index (χ4v) is 4.69. The van der Waals surface area contributed by atoms with E-state index in [1.54, 1.807) is 4.90 Å². The number of aryl methyl sites for hydroxylation is 2. The van der Waals surface area contributed by atoms with Crippen molar-refractivity contribution in [1.29, 1.82) is 0 Å².